The van der Waals surface area contributed by atoms with E-state index in [1.165, 1.54) is 5.56 Å². The molecule has 1 aliphatic rings. The summed E-state index contributed by atoms with van der Waals surface area (Å²) < 4.78 is 11.3. The Kier molecular flexibility index (Phi) is 4.19. The first-order valence-corrected chi connectivity index (χ1v) is 9.63. The first-order valence-electron chi connectivity index (χ1n) is 9.63. The topological polar surface area (TPSA) is 41.9 Å². The Balaban J connectivity index is 2.22. The first-order chi connectivity index (χ1) is 13.0. The number of aliphatic hydroxyl groups is 1. The summed E-state index contributed by atoms with van der Waals surface area (Å²) in [6.07, 6.45) is 1.61. The van der Waals surface area contributed by atoms with E-state index in [9.17, 15) is 5.11 Å². The zero-order valence-corrected chi connectivity index (χ0v) is 16.7. The van der Waals surface area contributed by atoms with Crippen molar-refractivity contribution < 1.29 is 14.6 Å². The maximum absolute atomic E-state index is 11.7. The zero-order chi connectivity index (χ0) is 19.3. The van der Waals surface area contributed by atoms with Crippen LogP contribution in [-0.4, -0.2) is 25.9 Å². The third kappa shape index (κ3) is 2.26. The van der Waals surface area contributed by atoms with Crippen LogP contribution in [0.3, 0.4) is 0 Å². The number of nitrogens with zero attached hydrogens (tertiary/aromatic N) is 1. The highest BCUT2D eigenvalue weighted by molar-refractivity contribution is 6.20. The van der Waals surface area contributed by atoms with Crippen molar-refractivity contribution in [2.24, 2.45) is 0 Å². The van der Waals surface area contributed by atoms with E-state index in [2.05, 4.69) is 49.9 Å². The molecule has 1 heterocycles. The standard InChI is InChI=1S/C23H27NO3/c1-6-12-23(25)16-10-8-14(3)19-20-15(9-11-18(26-4)22(20)27-5)13-17(21(16)19)24(23)7-2/h8-11,13,25H,6-7,12H2,1-5H3. The molecule has 3 aromatic rings. The lowest BCUT2D eigenvalue weighted by Crippen LogP contribution is -2.43. The van der Waals surface area contributed by atoms with Crippen LogP contribution in [0.25, 0.3) is 21.5 Å². The van der Waals surface area contributed by atoms with Crippen LogP contribution < -0.4 is 14.4 Å². The predicted octanol–water partition coefficient (Wildman–Crippen LogP) is 5.10. The fraction of sp³-hybridized carbons (Fsp3) is 0.391. The highest BCUT2D eigenvalue weighted by Crippen LogP contribution is 2.53. The van der Waals surface area contributed by atoms with E-state index >= 15 is 0 Å². The van der Waals surface area contributed by atoms with Crippen molar-refractivity contribution in [3.63, 3.8) is 0 Å². The van der Waals surface area contributed by atoms with Crippen molar-refractivity contribution in [3.05, 3.63) is 41.5 Å². The van der Waals surface area contributed by atoms with Crippen LogP contribution in [-0.2, 0) is 5.72 Å². The smallest absolute Gasteiger partial charge is 0.169 e. The van der Waals surface area contributed by atoms with Crippen LogP contribution in [0.1, 0.15) is 37.8 Å². The molecule has 0 bridgehead atoms. The predicted molar refractivity (Wildman–Crippen MR) is 111 cm³/mol. The Morgan fingerprint density at radius 2 is 1.78 bits per heavy atom. The van der Waals surface area contributed by atoms with Gasteiger partial charge >= 0.3 is 0 Å². The Morgan fingerprint density at radius 3 is 2.41 bits per heavy atom. The van der Waals surface area contributed by atoms with Crippen molar-refractivity contribution >= 4 is 27.2 Å². The van der Waals surface area contributed by atoms with Crippen molar-refractivity contribution in [2.45, 2.75) is 39.3 Å². The van der Waals surface area contributed by atoms with Crippen molar-refractivity contribution in [2.75, 3.05) is 25.7 Å². The van der Waals surface area contributed by atoms with E-state index in [0.29, 0.717) is 6.42 Å². The number of fused-ring (bicyclic) bond motifs is 2. The summed E-state index contributed by atoms with van der Waals surface area (Å²) >= 11 is 0. The number of hydrogen-bond acceptors (Lipinski definition) is 4. The van der Waals surface area contributed by atoms with E-state index in [-0.39, 0.29) is 0 Å². The summed E-state index contributed by atoms with van der Waals surface area (Å²) in [5.41, 5.74) is 2.30. The molecule has 0 amide bonds. The fourth-order valence-corrected chi connectivity index (χ4v) is 4.78. The lowest BCUT2D eigenvalue weighted by atomic mass is 9.91. The molecule has 142 valence electrons. The maximum Gasteiger partial charge on any atom is 0.169 e. The number of anilines is 1. The summed E-state index contributed by atoms with van der Waals surface area (Å²) in [5, 5.41) is 16.1. The van der Waals surface area contributed by atoms with E-state index in [1.54, 1.807) is 14.2 Å². The maximum atomic E-state index is 11.7. The van der Waals surface area contributed by atoms with Crippen LogP contribution in [0.4, 0.5) is 5.69 Å². The lowest BCUT2D eigenvalue weighted by molar-refractivity contribution is 0.0294. The number of ether oxygens (including phenoxy) is 2. The second-order valence-corrected chi connectivity index (χ2v) is 7.29. The van der Waals surface area contributed by atoms with Crippen molar-refractivity contribution in [1.29, 1.82) is 0 Å². The van der Waals surface area contributed by atoms with Crippen LogP contribution in [0, 0.1) is 6.92 Å². The third-order valence-electron chi connectivity index (χ3n) is 5.87. The van der Waals surface area contributed by atoms with Gasteiger partial charge in [0.2, 0.25) is 0 Å². The third-order valence-corrected chi connectivity index (χ3v) is 5.87. The van der Waals surface area contributed by atoms with E-state index in [4.69, 9.17) is 9.47 Å². The Hall–Kier alpha value is -2.46. The average molecular weight is 365 g/mol. The molecule has 1 unspecified atom stereocenters. The highest BCUT2D eigenvalue weighted by Gasteiger charge is 2.43. The second kappa shape index (κ2) is 6.31. The highest BCUT2D eigenvalue weighted by atomic mass is 16.5. The average Bonchev–Trinajstić information content (AvgIpc) is 2.90. The van der Waals surface area contributed by atoms with Gasteiger partial charge in [0.25, 0.3) is 0 Å². The molecule has 0 saturated carbocycles. The number of benzene rings is 3. The van der Waals surface area contributed by atoms with E-state index in [1.807, 2.05) is 6.07 Å². The van der Waals surface area contributed by atoms with Gasteiger partial charge in [0.15, 0.2) is 17.2 Å². The Bertz CT molecular complexity index is 1040. The molecule has 27 heavy (non-hydrogen) atoms. The molecule has 0 radical (unpaired) electrons. The van der Waals surface area contributed by atoms with Gasteiger partial charge in [-0.05, 0) is 48.7 Å². The number of rotatable bonds is 5. The van der Waals surface area contributed by atoms with E-state index in [0.717, 1.165) is 57.3 Å². The van der Waals surface area contributed by atoms with E-state index < -0.39 is 5.72 Å². The minimum atomic E-state index is -0.966. The van der Waals surface area contributed by atoms with Crippen LogP contribution in [0.15, 0.2) is 30.3 Å². The molecule has 1 atom stereocenters. The van der Waals surface area contributed by atoms with Gasteiger partial charge in [-0.2, -0.15) is 0 Å². The molecule has 0 spiro atoms. The second-order valence-electron chi connectivity index (χ2n) is 7.29. The molecule has 4 nitrogen and oxygen atoms in total. The Labute approximate surface area is 160 Å². The van der Waals surface area contributed by atoms with Crippen LogP contribution >= 0.6 is 0 Å². The molecule has 0 aromatic heterocycles. The van der Waals surface area contributed by atoms with Crippen LogP contribution in [0.2, 0.25) is 0 Å². The zero-order valence-electron chi connectivity index (χ0n) is 16.7. The molecule has 1 N–H and O–H groups in total. The minimum absolute atomic E-state index is 0.699. The van der Waals surface area contributed by atoms with Gasteiger partial charge in [0.05, 0.1) is 14.2 Å². The first kappa shape index (κ1) is 17.9. The summed E-state index contributed by atoms with van der Waals surface area (Å²) in [6, 6.07) is 10.4. The molecular formula is C23H27NO3. The Morgan fingerprint density at radius 1 is 1.00 bits per heavy atom. The molecule has 3 aromatic carbocycles. The summed E-state index contributed by atoms with van der Waals surface area (Å²) in [6.45, 7) is 7.08. The monoisotopic (exact) mass is 365 g/mol. The number of hydrogen-bond donors (Lipinski definition) is 1. The summed E-state index contributed by atoms with van der Waals surface area (Å²) in [4.78, 5) is 2.14. The minimum Gasteiger partial charge on any atom is -0.493 e. The number of methoxy groups -OCH3 is 2. The number of aryl methyl sites for hydroxylation is 1. The molecule has 0 saturated heterocycles. The van der Waals surface area contributed by atoms with Crippen molar-refractivity contribution in [3.8, 4) is 11.5 Å². The normalized spacial score (nSPS) is 18.5. The van der Waals surface area contributed by atoms with Gasteiger partial charge in [-0.1, -0.05) is 31.5 Å². The lowest BCUT2D eigenvalue weighted by Gasteiger charge is -2.36. The molecule has 0 aliphatic carbocycles. The van der Waals surface area contributed by atoms with Gasteiger partial charge in [-0.25, -0.2) is 0 Å². The molecular weight excluding hydrogens is 338 g/mol. The largest absolute Gasteiger partial charge is 0.493 e. The van der Waals surface area contributed by atoms with Gasteiger partial charge in [-0.15, -0.1) is 0 Å². The van der Waals surface area contributed by atoms with Gasteiger partial charge in [0, 0.05) is 28.6 Å². The quantitative estimate of drug-likeness (QED) is 0.639. The SMILES string of the molecule is CCCC1(O)c2ccc(C)c3c2c(cc2ccc(OC)c(OC)c23)N1CC. The van der Waals surface area contributed by atoms with Gasteiger partial charge < -0.3 is 19.5 Å². The fourth-order valence-electron chi connectivity index (χ4n) is 4.78. The van der Waals surface area contributed by atoms with Crippen LogP contribution in [0.5, 0.6) is 11.5 Å². The summed E-state index contributed by atoms with van der Waals surface area (Å²) in [5.74, 6) is 1.47. The molecule has 4 heteroatoms. The molecule has 1 aliphatic heterocycles. The van der Waals surface area contributed by atoms with Crippen molar-refractivity contribution in [1.82, 2.24) is 0 Å². The molecule has 0 fully saturated rings. The van der Waals surface area contributed by atoms with Gasteiger partial charge in [-0.3, -0.25) is 0 Å². The van der Waals surface area contributed by atoms with Gasteiger partial charge in [0.1, 0.15) is 0 Å². The molecule has 4 rings (SSSR count). The summed E-state index contributed by atoms with van der Waals surface area (Å²) in [7, 11) is 3.34.